The second kappa shape index (κ2) is 4.41. The Morgan fingerprint density at radius 1 is 1.64 bits per heavy atom. The average molecular weight is 200 g/mol. The van der Waals surface area contributed by atoms with Crippen LogP contribution < -0.4 is 0 Å². The Bertz CT molecular complexity index is 240. The summed E-state index contributed by atoms with van der Waals surface area (Å²) in [6, 6.07) is -0.609. The van der Waals surface area contributed by atoms with Crippen LogP contribution in [0, 0.1) is 0 Å². The fraction of sp³-hybridized carbons (Fsp3) is 0.778. The zero-order valence-electron chi connectivity index (χ0n) is 8.56. The van der Waals surface area contributed by atoms with Crippen LogP contribution in [0.1, 0.15) is 12.8 Å². The molecule has 1 atom stereocenters. The third kappa shape index (κ3) is 2.45. The molecule has 0 saturated carbocycles. The first kappa shape index (κ1) is 11.0. The number of carbonyl (C=O) groups excluding carboxylic acids is 1. The van der Waals surface area contributed by atoms with Crippen LogP contribution in [0.2, 0.25) is 0 Å². The normalized spacial score (nSPS) is 22.1. The predicted octanol–water partition coefficient (Wildman–Crippen LogP) is -0.376. The van der Waals surface area contributed by atoms with Crippen molar-refractivity contribution in [2.45, 2.75) is 18.9 Å². The molecule has 80 valence electrons. The molecule has 1 fully saturated rings. The predicted molar refractivity (Wildman–Crippen MR) is 50.9 cm³/mol. The van der Waals surface area contributed by atoms with Gasteiger partial charge >= 0.3 is 5.97 Å². The van der Waals surface area contributed by atoms with Crippen molar-refractivity contribution >= 4 is 11.9 Å². The molecule has 0 radical (unpaired) electrons. The fourth-order valence-corrected chi connectivity index (χ4v) is 1.58. The number of likely N-dealkylation sites (tertiary alicyclic amines) is 1. The number of aliphatic carboxylic acids is 1. The molecule has 0 aliphatic carbocycles. The van der Waals surface area contributed by atoms with E-state index in [0.29, 0.717) is 25.9 Å². The quantitative estimate of drug-likeness (QED) is 0.672. The summed E-state index contributed by atoms with van der Waals surface area (Å²) in [6.07, 6.45) is 0.811. The van der Waals surface area contributed by atoms with Gasteiger partial charge in [-0.25, -0.2) is 4.79 Å². The second-order valence-electron chi connectivity index (χ2n) is 3.78. The van der Waals surface area contributed by atoms with Crippen LogP contribution in [-0.2, 0) is 9.59 Å². The number of amides is 1. The zero-order chi connectivity index (χ0) is 10.7. The van der Waals surface area contributed by atoms with E-state index in [1.165, 1.54) is 4.90 Å². The first-order valence-electron chi connectivity index (χ1n) is 4.69. The Balaban J connectivity index is 2.54. The summed E-state index contributed by atoms with van der Waals surface area (Å²) in [6.45, 7) is 1.21. The Kier molecular flexibility index (Phi) is 3.46. The Labute approximate surface area is 83.3 Å². The van der Waals surface area contributed by atoms with Crippen LogP contribution in [0.5, 0.6) is 0 Å². The highest BCUT2D eigenvalue weighted by Crippen LogP contribution is 2.18. The summed E-state index contributed by atoms with van der Waals surface area (Å²) in [4.78, 5) is 25.5. The fourth-order valence-electron chi connectivity index (χ4n) is 1.58. The van der Waals surface area contributed by atoms with Gasteiger partial charge in [0, 0.05) is 19.5 Å². The van der Waals surface area contributed by atoms with Crippen LogP contribution in [0.15, 0.2) is 0 Å². The van der Waals surface area contributed by atoms with Gasteiger partial charge in [0.1, 0.15) is 6.04 Å². The number of hydrogen-bond acceptors (Lipinski definition) is 3. The zero-order valence-corrected chi connectivity index (χ0v) is 8.56. The van der Waals surface area contributed by atoms with E-state index in [9.17, 15) is 9.59 Å². The van der Waals surface area contributed by atoms with E-state index in [1.54, 1.807) is 0 Å². The highest BCUT2D eigenvalue weighted by atomic mass is 16.4. The molecule has 1 aliphatic heterocycles. The third-order valence-corrected chi connectivity index (χ3v) is 2.40. The lowest BCUT2D eigenvalue weighted by atomic mass is 10.2. The topological polar surface area (TPSA) is 60.9 Å². The van der Waals surface area contributed by atoms with Crippen LogP contribution in [-0.4, -0.2) is 60.0 Å². The minimum absolute atomic E-state index is 0.0424. The molecule has 0 spiro atoms. The molecule has 5 nitrogen and oxygen atoms in total. The average Bonchev–Trinajstić information content (AvgIpc) is 2.43. The molecule has 0 bridgehead atoms. The minimum atomic E-state index is -0.894. The summed E-state index contributed by atoms with van der Waals surface area (Å²) < 4.78 is 0. The van der Waals surface area contributed by atoms with Gasteiger partial charge in [0.25, 0.3) is 0 Å². The summed E-state index contributed by atoms with van der Waals surface area (Å²) in [5, 5.41) is 8.86. The van der Waals surface area contributed by atoms with Gasteiger partial charge < -0.3 is 14.9 Å². The number of nitrogens with zero attached hydrogens (tertiary/aromatic N) is 2. The van der Waals surface area contributed by atoms with E-state index >= 15 is 0 Å². The van der Waals surface area contributed by atoms with Crippen molar-refractivity contribution < 1.29 is 14.7 Å². The molecule has 14 heavy (non-hydrogen) atoms. The van der Waals surface area contributed by atoms with Crippen molar-refractivity contribution in [3.8, 4) is 0 Å². The highest BCUT2D eigenvalue weighted by molar-refractivity contribution is 5.87. The molecule has 1 rings (SSSR count). The lowest BCUT2D eigenvalue weighted by molar-refractivity contribution is -0.146. The van der Waals surface area contributed by atoms with Gasteiger partial charge in [-0.3, -0.25) is 4.79 Å². The number of carboxylic acid groups (broad SMARTS) is 1. The van der Waals surface area contributed by atoms with E-state index in [1.807, 2.05) is 19.0 Å². The summed E-state index contributed by atoms with van der Waals surface area (Å²) in [5.74, 6) is -0.936. The minimum Gasteiger partial charge on any atom is -0.480 e. The van der Waals surface area contributed by atoms with E-state index in [2.05, 4.69) is 0 Å². The third-order valence-electron chi connectivity index (χ3n) is 2.40. The highest BCUT2D eigenvalue weighted by Gasteiger charge is 2.35. The van der Waals surface area contributed by atoms with Crippen molar-refractivity contribution in [1.82, 2.24) is 9.80 Å². The maximum atomic E-state index is 11.3. The lowest BCUT2D eigenvalue weighted by Gasteiger charge is -2.23. The van der Waals surface area contributed by atoms with Gasteiger partial charge in [-0.15, -0.1) is 0 Å². The number of likely N-dealkylation sites (N-methyl/N-ethyl adjacent to an activating group) is 1. The summed E-state index contributed by atoms with van der Waals surface area (Å²) >= 11 is 0. The Morgan fingerprint density at radius 3 is 2.79 bits per heavy atom. The molecule has 5 heteroatoms. The van der Waals surface area contributed by atoms with Crippen molar-refractivity contribution in [1.29, 1.82) is 0 Å². The molecule has 0 aromatic rings. The summed E-state index contributed by atoms with van der Waals surface area (Å²) in [7, 11) is 3.80. The molecule has 1 saturated heterocycles. The van der Waals surface area contributed by atoms with Crippen molar-refractivity contribution in [2.75, 3.05) is 27.2 Å². The molecule has 0 unspecified atom stereocenters. The van der Waals surface area contributed by atoms with E-state index < -0.39 is 12.0 Å². The standard InChI is InChI=1S/C9H16N2O3/c1-10(2)5-6-11-7(9(13)14)3-4-8(11)12/h7H,3-6H2,1-2H3,(H,13,14)/t7-/m0/s1. The number of carbonyl (C=O) groups is 2. The van der Waals surface area contributed by atoms with E-state index in [4.69, 9.17) is 5.11 Å². The van der Waals surface area contributed by atoms with Gasteiger partial charge in [0.2, 0.25) is 5.91 Å². The molecule has 0 aromatic carbocycles. The molecule has 1 N–H and O–H groups in total. The molecule has 0 aromatic heterocycles. The first-order valence-corrected chi connectivity index (χ1v) is 4.69. The van der Waals surface area contributed by atoms with Gasteiger partial charge in [-0.2, -0.15) is 0 Å². The molecular weight excluding hydrogens is 184 g/mol. The summed E-state index contributed by atoms with van der Waals surface area (Å²) in [5.41, 5.74) is 0. The van der Waals surface area contributed by atoms with Crippen LogP contribution in [0.25, 0.3) is 0 Å². The van der Waals surface area contributed by atoms with Crippen LogP contribution >= 0.6 is 0 Å². The van der Waals surface area contributed by atoms with Gasteiger partial charge in [-0.1, -0.05) is 0 Å². The largest absolute Gasteiger partial charge is 0.480 e. The number of carboxylic acids is 1. The smallest absolute Gasteiger partial charge is 0.326 e. The molecular formula is C9H16N2O3. The monoisotopic (exact) mass is 200 g/mol. The lowest BCUT2D eigenvalue weighted by Crippen LogP contribution is -2.42. The van der Waals surface area contributed by atoms with Crippen molar-refractivity contribution in [3.05, 3.63) is 0 Å². The van der Waals surface area contributed by atoms with Crippen molar-refractivity contribution in [2.24, 2.45) is 0 Å². The molecule has 1 amide bonds. The van der Waals surface area contributed by atoms with Gasteiger partial charge in [0.05, 0.1) is 0 Å². The van der Waals surface area contributed by atoms with Crippen molar-refractivity contribution in [3.63, 3.8) is 0 Å². The maximum absolute atomic E-state index is 11.3. The van der Waals surface area contributed by atoms with E-state index in [0.717, 1.165) is 0 Å². The van der Waals surface area contributed by atoms with Crippen LogP contribution in [0.3, 0.4) is 0 Å². The van der Waals surface area contributed by atoms with Gasteiger partial charge in [-0.05, 0) is 20.5 Å². The second-order valence-corrected chi connectivity index (χ2v) is 3.78. The van der Waals surface area contributed by atoms with Crippen LogP contribution in [0.4, 0.5) is 0 Å². The number of hydrogen-bond donors (Lipinski definition) is 1. The molecule has 1 heterocycles. The molecule has 1 aliphatic rings. The first-order chi connectivity index (χ1) is 6.52. The number of rotatable bonds is 4. The Morgan fingerprint density at radius 2 is 2.29 bits per heavy atom. The van der Waals surface area contributed by atoms with Gasteiger partial charge in [0.15, 0.2) is 0 Å². The maximum Gasteiger partial charge on any atom is 0.326 e. The SMILES string of the molecule is CN(C)CCN1C(=O)CC[C@H]1C(=O)O. The van der Waals surface area contributed by atoms with E-state index in [-0.39, 0.29) is 5.91 Å². The Hall–Kier alpha value is -1.10.